The number of rotatable bonds is 5. The van der Waals surface area contributed by atoms with Gasteiger partial charge >= 0.3 is 6.03 Å². The van der Waals surface area contributed by atoms with E-state index in [4.69, 9.17) is 17.3 Å². The van der Waals surface area contributed by atoms with Crippen LogP contribution in [0.4, 0.5) is 15.0 Å². The van der Waals surface area contributed by atoms with E-state index in [1.54, 1.807) is 12.1 Å². The zero-order valence-corrected chi connectivity index (χ0v) is 14.5. The fourth-order valence-corrected chi connectivity index (χ4v) is 2.66. The molecule has 0 bridgehead atoms. The molecular weight excluding hydrogens is 347 g/mol. The van der Waals surface area contributed by atoms with Gasteiger partial charge in [0, 0.05) is 17.0 Å². The average molecular weight is 365 g/mol. The number of benzene rings is 1. The molecule has 2 aromatic rings. The maximum absolute atomic E-state index is 13.2. The van der Waals surface area contributed by atoms with Crippen LogP contribution in [0, 0.1) is 5.82 Å². The van der Waals surface area contributed by atoms with Crippen LogP contribution in [0.1, 0.15) is 29.9 Å². The number of amides is 3. The lowest BCUT2D eigenvalue weighted by atomic mass is 9.84. The zero-order chi connectivity index (χ0) is 18.6. The molecule has 0 aliphatic heterocycles. The van der Waals surface area contributed by atoms with Crippen molar-refractivity contribution in [3.63, 3.8) is 0 Å². The number of nitrogens with two attached hydrogens (primary N) is 1. The second-order valence-electron chi connectivity index (χ2n) is 6.09. The number of carbonyl (C=O) groups excluding carboxylic acids is 2. The summed E-state index contributed by atoms with van der Waals surface area (Å²) >= 11 is 6.08. The van der Waals surface area contributed by atoms with Gasteiger partial charge in [0.25, 0.3) is 5.91 Å². The smallest absolute Gasteiger partial charge is 0.320 e. The Hall–Kier alpha value is -2.67. The van der Waals surface area contributed by atoms with E-state index >= 15 is 0 Å². The minimum absolute atomic E-state index is 0.0521. The van der Waals surface area contributed by atoms with Gasteiger partial charge in [0.05, 0.1) is 0 Å². The number of pyridine rings is 1. The Bertz CT molecular complexity index is 811. The number of hydrogen-bond acceptors (Lipinski definition) is 3. The molecule has 8 heteroatoms. The van der Waals surface area contributed by atoms with Crippen molar-refractivity contribution in [2.75, 3.05) is 11.9 Å². The summed E-state index contributed by atoms with van der Waals surface area (Å²) in [7, 11) is 0. The molecule has 0 fully saturated rings. The molecule has 0 spiro atoms. The molecule has 0 saturated heterocycles. The second-order valence-corrected chi connectivity index (χ2v) is 6.50. The molecule has 132 valence electrons. The number of carbonyl (C=O) groups is 2. The van der Waals surface area contributed by atoms with Crippen LogP contribution in [0.15, 0.2) is 36.4 Å². The largest absolute Gasteiger partial charge is 0.364 e. The van der Waals surface area contributed by atoms with Crippen molar-refractivity contribution in [2.24, 2.45) is 5.73 Å². The number of nitrogens with zero attached hydrogens (tertiary/aromatic N) is 1. The SMILES string of the molecule is CC(C)(CNC(=O)Nc1cccc(C(N)=O)n1)c1ccc(F)cc1Cl. The predicted molar refractivity (Wildman–Crippen MR) is 94.2 cm³/mol. The van der Waals surface area contributed by atoms with Crippen molar-refractivity contribution in [1.82, 2.24) is 10.3 Å². The Kier molecular flexibility index (Phi) is 5.58. The Balaban J connectivity index is 2.01. The summed E-state index contributed by atoms with van der Waals surface area (Å²) in [6.45, 7) is 4.00. The summed E-state index contributed by atoms with van der Waals surface area (Å²) in [6, 6.07) is 8.19. The third-order valence-corrected chi connectivity index (χ3v) is 3.91. The summed E-state index contributed by atoms with van der Waals surface area (Å²) in [5.74, 6) is -0.904. The van der Waals surface area contributed by atoms with Gasteiger partial charge in [-0.15, -0.1) is 0 Å². The van der Waals surface area contributed by atoms with Crippen LogP contribution in [-0.4, -0.2) is 23.5 Å². The molecule has 1 heterocycles. The Labute approximate surface area is 149 Å². The van der Waals surface area contributed by atoms with Crippen LogP contribution in [-0.2, 0) is 5.41 Å². The summed E-state index contributed by atoms with van der Waals surface area (Å²) in [5.41, 5.74) is 5.39. The van der Waals surface area contributed by atoms with Gasteiger partial charge < -0.3 is 11.1 Å². The lowest BCUT2D eigenvalue weighted by molar-refractivity contribution is 0.0995. The molecule has 3 amide bonds. The minimum atomic E-state index is -0.684. The van der Waals surface area contributed by atoms with Crippen LogP contribution < -0.4 is 16.4 Å². The molecule has 0 atom stereocenters. The first-order valence-electron chi connectivity index (χ1n) is 7.46. The van der Waals surface area contributed by atoms with E-state index in [9.17, 15) is 14.0 Å². The Morgan fingerprint density at radius 2 is 2.00 bits per heavy atom. The number of urea groups is 1. The molecule has 0 aliphatic carbocycles. The molecule has 0 saturated carbocycles. The number of nitrogens with one attached hydrogen (secondary N) is 2. The average Bonchev–Trinajstić information content (AvgIpc) is 2.53. The fourth-order valence-electron chi connectivity index (χ4n) is 2.24. The van der Waals surface area contributed by atoms with Crippen molar-refractivity contribution < 1.29 is 14.0 Å². The second kappa shape index (κ2) is 7.48. The van der Waals surface area contributed by atoms with Gasteiger partial charge in [-0.1, -0.05) is 37.6 Å². The normalized spacial score (nSPS) is 11.0. The first-order valence-corrected chi connectivity index (χ1v) is 7.84. The van der Waals surface area contributed by atoms with Gasteiger partial charge in [-0.05, 0) is 29.8 Å². The first kappa shape index (κ1) is 18.7. The highest BCUT2D eigenvalue weighted by Crippen LogP contribution is 2.29. The lowest BCUT2D eigenvalue weighted by Gasteiger charge is -2.26. The molecule has 0 radical (unpaired) electrons. The maximum atomic E-state index is 13.2. The highest BCUT2D eigenvalue weighted by molar-refractivity contribution is 6.31. The first-order chi connectivity index (χ1) is 11.7. The van der Waals surface area contributed by atoms with Crippen molar-refractivity contribution in [2.45, 2.75) is 19.3 Å². The predicted octanol–water partition coefficient (Wildman–Crippen LogP) is 3.07. The van der Waals surface area contributed by atoms with Gasteiger partial charge in [-0.3, -0.25) is 10.1 Å². The highest BCUT2D eigenvalue weighted by atomic mass is 35.5. The van der Waals surface area contributed by atoms with Crippen molar-refractivity contribution in [3.8, 4) is 0 Å². The Morgan fingerprint density at radius 3 is 2.64 bits per heavy atom. The van der Waals surface area contributed by atoms with Crippen LogP contribution in [0.25, 0.3) is 0 Å². The zero-order valence-electron chi connectivity index (χ0n) is 13.8. The van der Waals surface area contributed by atoms with E-state index in [-0.39, 0.29) is 18.1 Å². The third kappa shape index (κ3) is 4.90. The summed E-state index contributed by atoms with van der Waals surface area (Å²) < 4.78 is 13.2. The lowest BCUT2D eigenvalue weighted by Crippen LogP contribution is -2.39. The molecule has 4 N–H and O–H groups in total. The van der Waals surface area contributed by atoms with E-state index in [1.165, 1.54) is 24.3 Å². The van der Waals surface area contributed by atoms with E-state index in [1.807, 2.05) is 13.8 Å². The number of halogens is 2. The maximum Gasteiger partial charge on any atom is 0.320 e. The van der Waals surface area contributed by atoms with Crippen LogP contribution >= 0.6 is 11.6 Å². The van der Waals surface area contributed by atoms with Crippen LogP contribution in [0.2, 0.25) is 5.02 Å². The van der Waals surface area contributed by atoms with E-state index < -0.39 is 23.2 Å². The van der Waals surface area contributed by atoms with E-state index in [0.717, 1.165) is 0 Å². The van der Waals surface area contributed by atoms with Crippen molar-refractivity contribution in [3.05, 3.63) is 58.5 Å². The number of hydrogen-bond donors (Lipinski definition) is 3. The van der Waals surface area contributed by atoms with Gasteiger partial charge in [-0.2, -0.15) is 0 Å². The van der Waals surface area contributed by atoms with Crippen molar-refractivity contribution >= 4 is 29.4 Å². The molecular formula is C17H18ClFN4O2. The number of anilines is 1. The summed E-state index contributed by atoms with van der Waals surface area (Å²) in [6.07, 6.45) is 0. The molecule has 1 aromatic heterocycles. The molecule has 1 aromatic carbocycles. The van der Waals surface area contributed by atoms with E-state index in [2.05, 4.69) is 15.6 Å². The highest BCUT2D eigenvalue weighted by Gasteiger charge is 2.24. The van der Waals surface area contributed by atoms with E-state index in [0.29, 0.717) is 10.6 Å². The van der Waals surface area contributed by atoms with Gasteiger partial charge in [0.1, 0.15) is 17.3 Å². The fraction of sp³-hybridized carbons (Fsp3) is 0.235. The van der Waals surface area contributed by atoms with Crippen LogP contribution in [0.3, 0.4) is 0 Å². The minimum Gasteiger partial charge on any atom is -0.364 e. The molecule has 0 aliphatic rings. The molecule has 2 rings (SSSR count). The quantitative estimate of drug-likeness (QED) is 0.760. The number of primary amides is 1. The van der Waals surface area contributed by atoms with Crippen LogP contribution in [0.5, 0.6) is 0 Å². The van der Waals surface area contributed by atoms with Gasteiger partial charge in [0.15, 0.2) is 0 Å². The summed E-state index contributed by atoms with van der Waals surface area (Å²) in [5, 5.41) is 5.52. The van der Waals surface area contributed by atoms with Gasteiger partial charge in [0.2, 0.25) is 0 Å². The van der Waals surface area contributed by atoms with Gasteiger partial charge in [-0.25, -0.2) is 14.2 Å². The standard InChI is InChI=1S/C17H18ClFN4O2/c1-17(2,11-7-6-10(19)8-12(11)18)9-21-16(25)23-14-5-3-4-13(22-14)15(20)24/h3-8H,9H2,1-2H3,(H2,20,24)(H2,21,22,23,25). The molecule has 6 nitrogen and oxygen atoms in total. The summed E-state index contributed by atoms with van der Waals surface area (Å²) in [4.78, 5) is 27.1. The monoisotopic (exact) mass is 364 g/mol. The third-order valence-electron chi connectivity index (χ3n) is 3.59. The topological polar surface area (TPSA) is 97.1 Å². The number of aromatic nitrogens is 1. The van der Waals surface area contributed by atoms with Crippen molar-refractivity contribution in [1.29, 1.82) is 0 Å². The Morgan fingerprint density at radius 1 is 1.28 bits per heavy atom. The molecule has 25 heavy (non-hydrogen) atoms. The molecule has 0 unspecified atom stereocenters.